The van der Waals surface area contributed by atoms with E-state index >= 15 is 0 Å². The van der Waals surface area contributed by atoms with Crippen molar-refractivity contribution in [2.24, 2.45) is 0 Å². The molecule has 3 heteroatoms. The minimum Gasteiger partial charge on any atom is -0.424 e. The number of carbonyl (C=O) groups excluding carboxylic acids is 1. The van der Waals surface area contributed by atoms with E-state index in [9.17, 15) is 4.79 Å². The standard InChI is InChI=1S/C18H28O3/c1-4-5-6-7-8-9-10-11-12-13-17(20-3)16-14-15(2)21-18(16)19/h4,14,17H,1-2,5-13H2,3H3/t17-/m0/s1. The van der Waals surface area contributed by atoms with Crippen molar-refractivity contribution in [2.75, 3.05) is 7.11 Å². The second-order valence-corrected chi connectivity index (χ2v) is 5.52. The molecule has 0 aromatic carbocycles. The minimum atomic E-state index is -0.311. The Kier molecular flexibility index (Phi) is 8.76. The average molecular weight is 292 g/mol. The number of esters is 1. The number of methoxy groups -OCH3 is 1. The molecule has 0 aliphatic carbocycles. The van der Waals surface area contributed by atoms with E-state index in [-0.39, 0.29) is 12.1 Å². The van der Waals surface area contributed by atoms with Crippen LogP contribution in [0.15, 0.2) is 36.6 Å². The zero-order valence-corrected chi connectivity index (χ0v) is 13.2. The van der Waals surface area contributed by atoms with Gasteiger partial charge in [0.15, 0.2) is 0 Å². The SMILES string of the molecule is C=CCCCCCCCCC[C@H](OC)C1=CC(=C)OC1=O. The summed E-state index contributed by atoms with van der Waals surface area (Å²) in [5, 5.41) is 0. The first-order valence-corrected chi connectivity index (χ1v) is 7.95. The Morgan fingerprint density at radius 1 is 1.19 bits per heavy atom. The van der Waals surface area contributed by atoms with Crippen LogP contribution in [-0.2, 0) is 14.3 Å². The van der Waals surface area contributed by atoms with Gasteiger partial charge in [-0.05, 0) is 25.3 Å². The van der Waals surface area contributed by atoms with Crippen LogP contribution in [-0.4, -0.2) is 19.2 Å². The lowest BCUT2D eigenvalue weighted by atomic mass is 10.0. The van der Waals surface area contributed by atoms with E-state index in [2.05, 4.69) is 13.2 Å². The zero-order chi connectivity index (χ0) is 15.5. The lowest BCUT2D eigenvalue weighted by molar-refractivity contribution is -0.134. The molecule has 1 rings (SSSR count). The lowest BCUT2D eigenvalue weighted by Crippen LogP contribution is -2.18. The Hall–Kier alpha value is -1.35. The average Bonchev–Trinajstić information content (AvgIpc) is 2.80. The van der Waals surface area contributed by atoms with Gasteiger partial charge in [-0.25, -0.2) is 4.79 Å². The molecule has 0 fully saturated rings. The largest absolute Gasteiger partial charge is 0.424 e. The number of hydrogen-bond donors (Lipinski definition) is 0. The van der Waals surface area contributed by atoms with Crippen molar-refractivity contribution in [2.45, 2.75) is 63.9 Å². The fourth-order valence-electron chi connectivity index (χ4n) is 2.57. The molecular formula is C18H28O3. The summed E-state index contributed by atoms with van der Waals surface area (Å²) in [7, 11) is 1.64. The molecule has 0 saturated heterocycles. The van der Waals surface area contributed by atoms with Gasteiger partial charge in [0.2, 0.25) is 0 Å². The van der Waals surface area contributed by atoms with Crippen molar-refractivity contribution in [3.63, 3.8) is 0 Å². The molecule has 0 aromatic heterocycles. The highest BCUT2D eigenvalue weighted by Gasteiger charge is 2.27. The van der Waals surface area contributed by atoms with Gasteiger partial charge in [-0.2, -0.15) is 0 Å². The molecule has 0 radical (unpaired) electrons. The summed E-state index contributed by atoms with van der Waals surface area (Å²) in [4.78, 5) is 11.6. The quantitative estimate of drug-likeness (QED) is 0.297. The molecule has 0 spiro atoms. The molecular weight excluding hydrogens is 264 g/mol. The van der Waals surface area contributed by atoms with Gasteiger partial charge < -0.3 is 9.47 Å². The molecule has 0 saturated carbocycles. The molecule has 3 nitrogen and oxygen atoms in total. The Balaban J connectivity index is 2.10. The van der Waals surface area contributed by atoms with E-state index in [1.807, 2.05) is 6.08 Å². The summed E-state index contributed by atoms with van der Waals surface area (Å²) in [6.45, 7) is 7.37. The smallest absolute Gasteiger partial charge is 0.342 e. The number of allylic oxidation sites excluding steroid dienone is 2. The van der Waals surface area contributed by atoms with Gasteiger partial charge in [-0.15, -0.1) is 6.58 Å². The summed E-state index contributed by atoms with van der Waals surface area (Å²) in [6.07, 6.45) is 14.2. The Morgan fingerprint density at radius 3 is 2.33 bits per heavy atom. The summed E-state index contributed by atoms with van der Waals surface area (Å²) in [5.41, 5.74) is 0.604. The lowest BCUT2D eigenvalue weighted by Gasteiger charge is -2.14. The molecule has 21 heavy (non-hydrogen) atoms. The van der Waals surface area contributed by atoms with E-state index in [4.69, 9.17) is 9.47 Å². The first-order chi connectivity index (χ1) is 10.2. The predicted octanol–water partition coefficient (Wildman–Crippen LogP) is 4.70. The Labute approximate surface area is 128 Å². The zero-order valence-electron chi connectivity index (χ0n) is 13.2. The second kappa shape index (κ2) is 10.4. The molecule has 118 valence electrons. The number of unbranched alkanes of at least 4 members (excludes halogenated alkanes) is 7. The van der Waals surface area contributed by atoms with E-state index in [1.165, 1.54) is 38.5 Å². The van der Waals surface area contributed by atoms with Gasteiger partial charge in [-0.3, -0.25) is 0 Å². The molecule has 0 bridgehead atoms. The molecule has 0 aromatic rings. The van der Waals surface area contributed by atoms with Crippen molar-refractivity contribution >= 4 is 5.97 Å². The van der Waals surface area contributed by atoms with Crippen molar-refractivity contribution < 1.29 is 14.3 Å². The van der Waals surface area contributed by atoms with Crippen LogP contribution in [0.2, 0.25) is 0 Å². The van der Waals surface area contributed by atoms with Crippen LogP contribution in [0, 0.1) is 0 Å². The second-order valence-electron chi connectivity index (χ2n) is 5.52. The molecule has 1 heterocycles. The third-order valence-electron chi connectivity index (χ3n) is 3.78. The Morgan fingerprint density at radius 2 is 1.81 bits per heavy atom. The topological polar surface area (TPSA) is 35.5 Å². The normalized spacial score (nSPS) is 15.8. The minimum absolute atomic E-state index is 0.163. The van der Waals surface area contributed by atoms with Gasteiger partial charge >= 0.3 is 5.97 Å². The van der Waals surface area contributed by atoms with Crippen LogP contribution in [0.4, 0.5) is 0 Å². The summed E-state index contributed by atoms with van der Waals surface area (Å²) in [5.74, 6) is 0.102. The van der Waals surface area contributed by atoms with Crippen LogP contribution >= 0.6 is 0 Å². The fraction of sp³-hybridized carbons (Fsp3) is 0.611. The maximum absolute atomic E-state index is 11.6. The van der Waals surface area contributed by atoms with Gasteiger partial charge in [0.05, 0.1) is 11.7 Å². The number of carbonyl (C=O) groups is 1. The number of cyclic esters (lactones) is 1. The molecule has 1 aliphatic heterocycles. The van der Waals surface area contributed by atoms with Gasteiger partial charge in [0.25, 0.3) is 0 Å². The van der Waals surface area contributed by atoms with Gasteiger partial charge in [-0.1, -0.05) is 51.2 Å². The van der Waals surface area contributed by atoms with Crippen LogP contribution in [0.1, 0.15) is 57.8 Å². The molecule has 0 unspecified atom stereocenters. The van der Waals surface area contributed by atoms with E-state index < -0.39 is 0 Å². The number of hydrogen-bond acceptors (Lipinski definition) is 3. The van der Waals surface area contributed by atoms with Crippen LogP contribution in [0.25, 0.3) is 0 Å². The highest BCUT2D eigenvalue weighted by atomic mass is 16.5. The van der Waals surface area contributed by atoms with Crippen molar-refractivity contribution in [1.29, 1.82) is 0 Å². The summed E-state index contributed by atoms with van der Waals surface area (Å²) in [6, 6.07) is 0. The maximum atomic E-state index is 11.6. The van der Waals surface area contributed by atoms with Crippen molar-refractivity contribution in [3.8, 4) is 0 Å². The molecule has 1 aliphatic rings. The van der Waals surface area contributed by atoms with E-state index in [0.717, 1.165) is 19.3 Å². The fourth-order valence-corrected chi connectivity index (χ4v) is 2.57. The van der Waals surface area contributed by atoms with E-state index in [0.29, 0.717) is 11.3 Å². The highest BCUT2D eigenvalue weighted by molar-refractivity contribution is 5.93. The summed E-state index contributed by atoms with van der Waals surface area (Å²) < 4.78 is 10.3. The first-order valence-electron chi connectivity index (χ1n) is 7.95. The van der Waals surface area contributed by atoms with Crippen LogP contribution in [0.5, 0.6) is 0 Å². The third-order valence-corrected chi connectivity index (χ3v) is 3.78. The van der Waals surface area contributed by atoms with Crippen LogP contribution in [0.3, 0.4) is 0 Å². The Bertz CT molecular complexity index is 382. The number of ether oxygens (including phenoxy) is 2. The first kappa shape index (κ1) is 17.7. The summed E-state index contributed by atoms with van der Waals surface area (Å²) >= 11 is 0. The van der Waals surface area contributed by atoms with Crippen molar-refractivity contribution in [1.82, 2.24) is 0 Å². The highest BCUT2D eigenvalue weighted by Crippen LogP contribution is 2.23. The van der Waals surface area contributed by atoms with Crippen LogP contribution < -0.4 is 0 Å². The van der Waals surface area contributed by atoms with E-state index in [1.54, 1.807) is 13.2 Å². The molecule has 1 atom stereocenters. The maximum Gasteiger partial charge on any atom is 0.342 e. The van der Waals surface area contributed by atoms with Crippen molar-refractivity contribution in [3.05, 3.63) is 36.6 Å². The molecule has 0 amide bonds. The third kappa shape index (κ3) is 6.76. The van der Waals surface area contributed by atoms with Gasteiger partial charge in [0.1, 0.15) is 5.76 Å². The predicted molar refractivity (Wildman–Crippen MR) is 85.9 cm³/mol. The molecule has 0 N–H and O–H groups in total. The van der Waals surface area contributed by atoms with Gasteiger partial charge in [0, 0.05) is 7.11 Å². The number of rotatable bonds is 12. The monoisotopic (exact) mass is 292 g/mol.